The summed E-state index contributed by atoms with van der Waals surface area (Å²) in [5, 5.41) is 23.0. The van der Waals surface area contributed by atoms with Gasteiger partial charge in [-0.2, -0.15) is 0 Å². The molecule has 0 bridgehead atoms. The molecule has 3 aromatic heterocycles. The molecule has 92 heavy (non-hydrogen) atoms. The summed E-state index contributed by atoms with van der Waals surface area (Å²) in [6, 6.07) is 17.0. The summed E-state index contributed by atoms with van der Waals surface area (Å²) < 4.78 is 18.0. The second-order valence-electron chi connectivity index (χ2n) is 28.1. The van der Waals surface area contributed by atoms with E-state index in [2.05, 4.69) is 48.2 Å². The summed E-state index contributed by atoms with van der Waals surface area (Å²) in [7, 11) is 0. The van der Waals surface area contributed by atoms with Crippen LogP contribution in [0.5, 0.6) is 0 Å². The smallest absolute Gasteiger partial charge is 0.251 e. The number of amides is 6. The molecule has 5 aliphatic rings. The number of aliphatic hydroxyl groups excluding tert-OH is 1. The van der Waals surface area contributed by atoms with Crippen LogP contribution in [0.15, 0.2) is 72.5 Å². The van der Waals surface area contributed by atoms with E-state index in [9.17, 15) is 29.1 Å². The van der Waals surface area contributed by atoms with Crippen LogP contribution in [0, 0.1) is 25.1 Å². The molecule has 3 saturated heterocycles. The number of aliphatic hydroxyl groups is 1. The highest BCUT2D eigenvalue weighted by molar-refractivity contribution is 7.13. The van der Waals surface area contributed by atoms with E-state index < -0.39 is 40.7 Å². The van der Waals surface area contributed by atoms with E-state index in [1.54, 1.807) is 24.6 Å². The number of fused-ring (bicyclic) bond motifs is 3. The number of imidazole rings is 1. The van der Waals surface area contributed by atoms with Gasteiger partial charge in [0.25, 0.3) is 5.91 Å². The quantitative estimate of drug-likeness (QED) is 0.0450. The predicted molar refractivity (Wildman–Crippen MR) is 357 cm³/mol. The van der Waals surface area contributed by atoms with Gasteiger partial charge in [-0.25, -0.2) is 19.3 Å². The number of aryl methyl sites for hydroxylation is 2. The average Bonchev–Trinajstić information content (AvgIpc) is 1.55. The Hall–Kier alpha value is -7.62. The Kier molecular flexibility index (Phi) is 19.4. The molecular weight excluding hydrogens is 1180 g/mol. The lowest BCUT2D eigenvalue weighted by molar-refractivity contribution is -0.144. The van der Waals surface area contributed by atoms with Crippen LogP contribution in [-0.2, 0) is 29.4 Å². The number of β-amino-alcohol motifs (C(OH)–C–C–N with tert-alkyl or cyclic N) is 1. The molecule has 1 spiro atoms. The first kappa shape index (κ1) is 65.9. The van der Waals surface area contributed by atoms with Crippen LogP contribution in [0.4, 0.5) is 21.6 Å². The summed E-state index contributed by atoms with van der Waals surface area (Å²) in [6.07, 6.45) is 9.39. The van der Waals surface area contributed by atoms with Gasteiger partial charge in [-0.05, 0) is 165 Å². The lowest BCUT2D eigenvalue weighted by atomic mass is 9.73. The van der Waals surface area contributed by atoms with E-state index in [4.69, 9.17) is 9.97 Å². The number of carbonyl (C=O) groups is 6. The Labute approximate surface area is 543 Å². The number of carbonyl (C=O) groups excluding carboxylic acids is 6. The molecule has 0 unspecified atom stereocenters. The fraction of sp³-hybridized carbons (Fsp3) is 0.535. The van der Waals surface area contributed by atoms with Crippen LogP contribution in [-0.4, -0.2) is 144 Å². The standard InChI is InChI=1S/C71H91FN12O7S/c1-41(2)75-66(88)52-36-56(54(72)31-43(52)5)78-65-62-57(73-39-83(62)42(3)4)37-55(77-65)48-23-24-53-58(32-48)84(50-33-49(34-50)80-27-15-12-16-28-80)69(91)71(53)25-29-81(30-26-71)61(87)18-14-11-13-17-60(86)79-64(70(8,9)10)68(90)82-38-51(85)35-59(82)67(89)76-44(6)46-19-21-47(22-20-46)63-45(7)74-40-92-63/h19-24,31-32,36-37,39-42,44,49-51,59,64,85H,11-18,25-30,33-35,38H2,1-10H3,(H,75,88)(H,76,89)(H,77,78)(H,79,86)/t44-,49?,50?,51+,59-,64+/m0/s1. The lowest BCUT2D eigenvalue weighted by Gasteiger charge is -2.48. The number of hydrogen-bond donors (Lipinski definition) is 5. The number of unbranched alkanes of at least 4 members (excludes halogenated alkanes) is 2. The number of nitrogens with one attached hydrogen (secondary N) is 4. The summed E-state index contributed by atoms with van der Waals surface area (Å²) >= 11 is 1.57. The Morgan fingerprint density at radius 2 is 1.51 bits per heavy atom. The van der Waals surface area contributed by atoms with Crippen LogP contribution in [0.25, 0.3) is 32.7 Å². The molecule has 4 fully saturated rings. The van der Waals surface area contributed by atoms with Crippen molar-refractivity contribution in [2.24, 2.45) is 5.41 Å². The SMILES string of the molecule is Cc1cc(F)c(Nc2nc(-c3ccc4c(c3)N(C3CC(N5CCCCC5)C3)C(=O)C43CCN(C(=O)CCCCCC(=O)N[C@H](C(=O)N4C[C@H](O)C[C@H]4C(=O)N[C@@H](C)c4ccc(-c5scnc5C)cc4)C(C)(C)C)CC3)cc3ncn(C(C)C)c23)cc1C(=O)NC(C)C. The van der Waals surface area contributed by atoms with Crippen LogP contribution in [0.2, 0.25) is 0 Å². The molecular formula is C71H91FN12O7S. The maximum absolute atomic E-state index is 16.0. The highest BCUT2D eigenvalue weighted by atomic mass is 32.1. The molecule has 1 aliphatic carbocycles. The number of aromatic nitrogens is 4. The van der Waals surface area contributed by atoms with Gasteiger partial charge in [0.15, 0.2) is 5.82 Å². The van der Waals surface area contributed by atoms with Gasteiger partial charge in [0.1, 0.15) is 23.4 Å². The van der Waals surface area contributed by atoms with Gasteiger partial charge < -0.3 is 50.5 Å². The second-order valence-corrected chi connectivity index (χ2v) is 28.9. The first-order chi connectivity index (χ1) is 43.9. The minimum atomic E-state index is -0.957. The number of anilines is 3. The molecule has 0 radical (unpaired) electrons. The van der Waals surface area contributed by atoms with Crippen molar-refractivity contribution in [3.63, 3.8) is 0 Å². The largest absolute Gasteiger partial charge is 0.391 e. The van der Waals surface area contributed by atoms with Crippen LogP contribution in [0.3, 0.4) is 0 Å². The van der Waals surface area contributed by atoms with Gasteiger partial charge >= 0.3 is 0 Å². The van der Waals surface area contributed by atoms with Crippen molar-refractivity contribution >= 4 is 75.0 Å². The van der Waals surface area contributed by atoms with Crippen molar-refractivity contribution in [2.75, 3.05) is 42.9 Å². The van der Waals surface area contributed by atoms with E-state index in [1.165, 1.54) is 36.3 Å². The number of thiazole rings is 1. The molecule has 4 aliphatic heterocycles. The zero-order valence-electron chi connectivity index (χ0n) is 55.0. The van der Waals surface area contributed by atoms with Crippen LogP contribution >= 0.6 is 11.3 Å². The zero-order valence-corrected chi connectivity index (χ0v) is 55.9. The molecule has 5 N–H and O–H groups in total. The zero-order chi connectivity index (χ0) is 65.5. The summed E-state index contributed by atoms with van der Waals surface area (Å²) in [5.41, 5.74) is 8.64. The molecule has 1 saturated carbocycles. The highest BCUT2D eigenvalue weighted by Crippen LogP contribution is 2.52. The number of benzene rings is 3. The molecule has 21 heteroatoms. The van der Waals surface area contributed by atoms with Crippen LogP contribution in [0.1, 0.15) is 184 Å². The number of rotatable bonds is 20. The summed E-state index contributed by atoms with van der Waals surface area (Å²) in [6.45, 7) is 22.0. The Morgan fingerprint density at radius 3 is 2.18 bits per heavy atom. The van der Waals surface area contributed by atoms with Crippen molar-refractivity contribution in [1.29, 1.82) is 0 Å². The number of halogens is 1. The Bertz CT molecular complexity index is 3740. The van der Waals surface area contributed by atoms with Gasteiger partial charge in [0.05, 0.1) is 56.9 Å². The van der Waals surface area contributed by atoms with Gasteiger partial charge in [0.2, 0.25) is 29.5 Å². The van der Waals surface area contributed by atoms with Crippen molar-refractivity contribution in [3.05, 3.63) is 106 Å². The molecule has 3 aromatic carbocycles. The second kappa shape index (κ2) is 27.1. The van der Waals surface area contributed by atoms with Crippen LogP contribution < -0.4 is 26.2 Å². The van der Waals surface area contributed by atoms with Gasteiger partial charge in [0, 0.05) is 79.9 Å². The molecule has 490 valence electrons. The lowest BCUT2D eigenvalue weighted by Crippen LogP contribution is -2.58. The van der Waals surface area contributed by atoms with E-state index in [0.717, 1.165) is 64.4 Å². The molecule has 4 atom stereocenters. The fourth-order valence-corrected chi connectivity index (χ4v) is 15.2. The van der Waals surface area contributed by atoms with E-state index in [0.29, 0.717) is 91.3 Å². The number of pyridine rings is 1. The minimum Gasteiger partial charge on any atom is -0.391 e. The normalized spacial score (nSPS) is 20.6. The number of piperidine rings is 2. The summed E-state index contributed by atoms with van der Waals surface area (Å²) in [5.74, 6) is -1.47. The molecule has 11 rings (SSSR count). The number of nitrogens with zero attached hydrogens (tertiary/aromatic N) is 8. The minimum absolute atomic E-state index is 0.000854. The highest BCUT2D eigenvalue weighted by Gasteiger charge is 2.56. The van der Waals surface area contributed by atoms with Crippen molar-refractivity contribution in [1.82, 2.24) is 50.2 Å². The Morgan fingerprint density at radius 1 is 0.804 bits per heavy atom. The van der Waals surface area contributed by atoms with Gasteiger partial charge in [-0.3, -0.25) is 28.8 Å². The fourth-order valence-electron chi connectivity index (χ4n) is 14.4. The predicted octanol–water partition coefficient (Wildman–Crippen LogP) is 11.0. The molecule has 6 aromatic rings. The van der Waals surface area contributed by atoms with Crippen molar-refractivity contribution in [3.8, 4) is 21.7 Å². The Balaban J connectivity index is 0.729. The third kappa shape index (κ3) is 13.6. The van der Waals surface area contributed by atoms with Crippen molar-refractivity contribution < 1.29 is 38.3 Å². The maximum Gasteiger partial charge on any atom is 0.251 e. The van der Waals surface area contributed by atoms with E-state index in [1.807, 2.05) is 114 Å². The van der Waals surface area contributed by atoms with E-state index >= 15 is 9.18 Å². The molecule has 19 nitrogen and oxygen atoms in total. The topological polar surface area (TPSA) is 227 Å². The molecule has 7 heterocycles. The first-order valence-electron chi connectivity index (χ1n) is 33.2. The monoisotopic (exact) mass is 1270 g/mol. The first-order valence-corrected chi connectivity index (χ1v) is 34.1. The third-order valence-corrected chi connectivity index (χ3v) is 20.7. The van der Waals surface area contributed by atoms with Gasteiger partial charge in [-0.1, -0.05) is 70.0 Å². The molecule has 6 amide bonds. The number of likely N-dealkylation sites (tertiary alicyclic amines) is 3. The van der Waals surface area contributed by atoms with Gasteiger partial charge in [-0.15, -0.1) is 11.3 Å². The van der Waals surface area contributed by atoms with E-state index in [-0.39, 0.29) is 78.8 Å². The third-order valence-electron chi connectivity index (χ3n) is 19.7. The summed E-state index contributed by atoms with van der Waals surface area (Å²) in [4.78, 5) is 108. The number of hydrogen-bond acceptors (Lipinski definition) is 13. The maximum atomic E-state index is 16.0. The van der Waals surface area contributed by atoms with Crippen molar-refractivity contribution in [2.45, 2.75) is 207 Å². The average molecular weight is 1280 g/mol.